The third kappa shape index (κ3) is 5.76. The monoisotopic (exact) mass is 380 g/mol. The van der Waals surface area contributed by atoms with E-state index >= 15 is 0 Å². The van der Waals surface area contributed by atoms with Crippen LogP contribution in [0.3, 0.4) is 0 Å². The van der Waals surface area contributed by atoms with Gasteiger partial charge < -0.3 is 9.47 Å². The average molecular weight is 381 g/mol. The molecule has 132 valence electrons. The number of carbonyl (C=O) groups excluding carboxylic acids is 2. The highest BCUT2D eigenvalue weighted by Crippen LogP contribution is 2.31. The van der Waals surface area contributed by atoms with Crippen LogP contribution in [0.25, 0.3) is 0 Å². The van der Waals surface area contributed by atoms with Gasteiger partial charge >= 0.3 is 11.9 Å². The molecule has 0 aliphatic rings. The van der Waals surface area contributed by atoms with Crippen molar-refractivity contribution in [1.82, 2.24) is 0 Å². The third-order valence-electron chi connectivity index (χ3n) is 3.45. The lowest BCUT2D eigenvalue weighted by atomic mass is 10.0. The molecule has 0 aliphatic heterocycles. The molecular formula is C19H18Cl2O4. The molecule has 0 radical (unpaired) electrons. The molecule has 0 saturated heterocycles. The number of hydrogen-bond acceptors (Lipinski definition) is 4. The van der Waals surface area contributed by atoms with E-state index in [4.69, 9.17) is 32.7 Å². The molecule has 2 aromatic rings. The molecule has 0 unspecified atom stereocenters. The minimum absolute atomic E-state index is 0.0943. The van der Waals surface area contributed by atoms with Crippen molar-refractivity contribution in [2.75, 3.05) is 0 Å². The number of carbonyl (C=O) groups is 2. The van der Waals surface area contributed by atoms with Gasteiger partial charge in [-0.05, 0) is 35.7 Å². The quantitative estimate of drug-likeness (QED) is 0.496. The maximum Gasteiger partial charge on any atom is 0.311 e. The van der Waals surface area contributed by atoms with Crippen molar-refractivity contribution in [1.29, 1.82) is 0 Å². The predicted molar refractivity (Wildman–Crippen MR) is 97.5 cm³/mol. The zero-order valence-electron chi connectivity index (χ0n) is 13.9. The number of esters is 2. The number of hydrogen-bond donors (Lipinski definition) is 0. The second-order valence-electron chi connectivity index (χ2n) is 5.72. The van der Waals surface area contributed by atoms with E-state index in [2.05, 4.69) is 13.8 Å². The van der Waals surface area contributed by atoms with Gasteiger partial charge in [0.25, 0.3) is 0 Å². The van der Waals surface area contributed by atoms with Gasteiger partial charge in [-0.2, -0.15) is 0 Å². The lowest BCUT2D eigenvalue weighted by Gasteiger charge is -2.08. The second-order valence-corrected chi connectivity index (χ2v) is 6.51. The molecule has 0 bridgehead atoms. The maximum absolute atomic E-state index is 11.8. The predicted octanol–water partition coefficient (Wildman–Crippen LogP) is 5.41. The fourth-order valence-corrected chi connectivity index (χ4v) is 2.37. The Kier molecular flexibility index (Phi) is 6.85. The van der Waals surface area contributed by atoms with Crippen LogP contribution in [0.5, 0.6) is 11.5 Å². The average Bonchev–Trinajstić information content (AvgIpc) is 2.58. The van der Waals surface area contributed by atoms with Gasteiger partial charge in [-0.1, -0.05) is 55.2 Å². The molecule has 0 fully saturated rings. The first-order chi connectivity index (χ1) is 11.9. The van der Waals surface area contributed by atoms with Crippen molar-refractivity contribution < 1.29 is 19.1 Å². The highest BCUT2D eigenvalue weighted by molar-refractivity contribution is 6.43. The van der Waals surface area contributed by atoms with Crippen LogP contribution >= 0.6 is 23.2 Å². The molecule has 0 amide bonds. The van der Waals surface area contributed by atoms with Crippen LogP contribution in [-0.4, -0.2) is 11.9 Å². The van der Waals surface area contributed by atoms with Crippen LogP contribution in [-0.2, 0) is 9.59 Å². The SMILES string of the molecule is CC(C)c1ccc(OC(=O)CCC(=O)Oc2cccc(Cl)c2Cl)cc1. The summed E-state index contributed by atoms with van der Waals surface area (Å²) in [5.74, 6) is -0.0852. The second kappa shape index (κ2) is 8.88. The first-order valence-electron chi connectivity index (χ1n) is 7.82. The first kappa shape index (κ1) is 19.3. The summed E-state index contributed by atoms with van der Waals surface area (Å²) in [6.45, 7) is 4.16. The lowest BCUT2D eigenvalue weighted by molar-refractivity contribution is -0.140. The van der Waals surface area contributed by atoms with Gasteiger partial charge in [0.1, 0.15) is 10.8 Å². The summed E-state index contributed by atoms with van der Waals surface area (Å²) in [5, 5.41) is 0.446. The third-order valence-corrected chi connectivity index (χ3v) is 4.25. The van der Waals surface area contributed by atoms with Gasteiger partial charge in [0.05, 0.1) is 17.9 Å². The van der Waals surface area contributed by atoms with E-state index in [1.165, 1.54) is 6.07 Å². The Morgan fingerprint density at radius 3 is 2.12 bits per heavy atom. The Bertz CT molecular complexity index is 755. The van der Waals surface area contributed by atoms with Gasteiger partial charge in [0.2, 0.25) is 0 Å². The number of halogens is 2. The van der Waals surface area contributed by atoms with E-state index in [0.29, 0.717) is 11.7 Å². The van der Waals surface area contributed by atoms with Crippen molar-refractivity contribution in [2.24, 2.45) is 0 Å². The van der Waals surface area contributed by atoms with E-state index in [1.54, 1.807) is 24.3 Å². The minimum atomic E-state index is -0.587. The van der Waals surface area contributed by atoms with Crippen LogP contribution in [0.2, 0.25) is 10.0 Å². The van der Waals surface area contributed by atoms with E-state index in [0.717, 1.165) is 5.56 Å². The summed E-state index contributed by atoms with van der Waals surface area (Å²) in [4.78, 5) is 23.7. The lowest BCUT2D eigenvalue weighted by Crippen LogP contribution is -2.14. The molecule has 0 saturated carbocycles. The molecule has 25 heavy (non-hydrogen) atoms. The Labute approximate surface area is 156 Å². The summed E-state index contributed by atoms with van der Waals surface area (Å²) >= 11 is 11.8. The normalized spacial score (nSPS) is 10.6. The van der Waals surface area contributed by atoms with E-state index in [9.17, 15) is 9.59 Å². The van der Waals surface area contributed by atoms with Gasteiger partial charge in [-0.3, -0.25) is 9.59 Å². The Morgan fingerprint density at radius 1 is 0.920 bits per heavy atom. The highest BCUT2D eigenvalue weighted by Gasteiger charge is 2.14. The van der Waals surface area contributed by atoms with Crippen LogP contribution in [0.1, 0.15) is 38.2 Å². The van der Waals surface area contributed by atoms with Crippen molar-refractivity contribution >= 4 is 35.1 Å². The summed E-state index contributed by atoms with van der Waals surface area (Å²) < 4.78 is 10.3. The van der Waals surface area contributed by atoms with Crippen molar-refractivity contribution in [3.8, 4) is 11.5 Å². The first-order valence-corrected chi connectivity index (χ1v) is 8.57. The molecule has 0 atom stereocenters. The molecule has 0 heterocycles. The minimum Gasteiger partial charge on any atom is -0.427 e. The standard InChI is InChI=1S/C19H18Cl2O4/c1-12(2)13-6-8-14(9-7-13)24-17(22)10-11-18(23)25-16-5-3-4-15(20)19(16)21/h3-9,12H,10-11H2,1-2H3. The van der Waals surface area contributed by atoms with Crippen LogP contribution in [0.4, 0.5) is 0 Å². The molecule has 0 spiro atoms. The van der Waals surface area contributed by atoms with Gasteiger partial charge in [0.15, 0.2) is 5.75 Å². The molecule has 0 aliphatic carbocycles. The summed E-state index contributed by atoms with van der Waals surface area (Å²) in [7, 11) is 0. The van der Waals surface area contributed by atoms with Gasteiger partial charge in [-0.15, -0.1) is 0 Å². The molecule has 2 rings (SSSR count). The molecule has 0 aromatic heterocycles. The fourth-order valence-electron chi connectivity index (χ4n) is 2.04. The molecule has 0 N–H and O–H groups in total. The maximum atomic E-state index is 11.8. The largest absolute Gasteiger partial charge is 0.427 e. The van der Waals surface area contributed by atoms with Crippen molar-refractivity contribution in [3.63, 3.8) is 0 Å². The number of ether oxygens (including phenoxy) is 2. The van der Waals surface area contributed by atoms with Crippen LogP contribution in [0.15, 0.2) is 42.5 Å². The topological polar surface area (TPSA) is 52.6 Å². The van der Waals surface area contributed by atoms with Crippen LogP contribution < -0.4 is 9.47 Å². The zero-order valence-corrected chi connectivity index (χ0v) is 15.4. The van der Waals surface area contributed by atoms with Gasteiger partial charge in [0, 0.05) is 0 Å². The van der Waals surface area contributed by atoms with Gasteiger partial charge in [-0.25, -0.2) is 0 Å². The van der Waals surface area contributed by atoms with Crippen LogP contribution in [0, 0.1) is 0 Å². The van der Waals surface area contributed by atoms with Crippen molar-refractivity contribution in [3.05, 3.63) is 58.1 Å². The summed E-state index contributed by atoms with van der Waals surface area (Å²) in [5.41, 5.74) is 1.15. The smallest absolute Gasteiger partial charge is 0.311 e. The van der Waals surface area contributed by atoms with E-state index < -0.39 is 11.9 Å². The van der Waals surface area contributed by atoms with E-state index in [1.807, 2.05) is 12.1 Å². The Balaban J connectivity index is 1.83. The van der Waals surface area contributed by atoms with Crippen molar-refractivity contribution in [2.45, 2.75) is 32.6 Å². The molecular weight excluding hydrogens is 363 g/mol. The Hall–Kier alpha value is -2.04. The number of rotatable bonds is 6. The summed E-state index contributed by atoms with van der Waals surface area (Å²) in [6, 6.07) is 12.0. The van der Waals surface area contributed by atoms with E-state index in [-0.39, 0.29) is 28.6 Å². The fraction of sp³-hybridized carbons (Fsp3) is 0.263. The zero-order chi connectivity index (χ0) is 18.4. The molecule has 4 nitrogen and oxygen atoms in total. The number of benzene rings is 2. The molecule has 2 aromatic carbocycles. The molecule has 6 heteroatoms. The Morgan fingerprint density at radius 2 is 1.52 bits per heavy atom. The summed E-state index contributed by atoms with van der Waals surface area (Å²) in [6.07, 6.45) is -0.214. The highest BCUT2D eigenvalue weighted by atomic mass is 35.5.